The number of para-hydroxylation sites is 1. The third-order valence-corrected chi connectivity index (χ3v) is 4.22. The van der Waals surface area contributed by atoms with Crippen LogP contribution in [0.3, 0.4) is 0 Å². The van der Waals surface area contributed by atoms with Crippen molar-refractivity contribution in [3.63, 3.8) is 0 Å². The van der Waals surface area contributed by atoms with Crippen molar-refractivity contribution >= 4 is 6.09 Å². The van der Waals surface area contributed by atoms with Crippen molar-refractivity contribution in [1.82, 2.24) is 4.90 Å². The van der Waals surface area contributed by atoms with Crippen molar-refractivity contribution in [3.05, 3.63) is 30.3 Å². The average Bonchev–Trinajstić information content (AvgIpc) is 2.50. The Kier molecular flexibility index (Phi) is 5.01. The van der Waals surface area contributed by atoms with Gasteiger partial charge in [-0.2, -0.15) is 0 Å². The Morgan fingerprint density at radius 1 is 1.25 bits per heavy atom. The molecule has 0 heterocycles. The maximum absolute atomic E-state index is 12.5. The summed E-state index contributed by atoms with van der Waals surface area (Å²) in [5.41, 5.74) is 5.77. The average molecular weight is 276 g/mol. The zero-order valence-corrected chi connectivity index (χ0v) is 12.2. The SMILES string of the molecule is CCN(C(=O)Oc1ccccc1)C1(CN)CCCCC1. The molecule has 0 bridgehead atoms. The Hall–Kier alpha value is -1.55. The molecule has 1 amide bonds. The molecular formula is C16H24N2O2. The number of carbonyl (C=O) groups is 1. The number of hydrogen-bond acceptors (Lipinski definition) is 3. The van der Waals surface area contributed by atoms with Gasteiger partial charge in [-0.3, -0.25) is 0 Å². The topological polar surface area (TPSA) is 55.6 Å². The van der Waals surface area contributed by atoms with Crippen molar-refractivity contribution in [2.45, 2.75) is 44.6 Å². The number of nitrogens with zero attached hydrogens (tertiary/aromatic N) is 1. The van der Waals surface area contributed by atoms with Crippen molar-refractivity contribution in [2.24, 2.45) is 5.73 Å². The third kappa shape index (κ3) is 3.12. The number of rotatable bonds is 4. The molecule has 0 aromatic heterocycles. The lowest BCUT2D eigenvalue weighted by molar-refractivity contribution is 0.0626. The van der Waals surface area contributed by atoms with Crippen LogP contribution < -0.4 is 10.5 Å². The molecule has 4 heteroatoms. The van der Waals surface area contributed by atoms with Crippen LogP contribution in [0.1, 0.15) is 39.0 Å². The van der Waals surface area contributed by atoms with Gasteiger partial charge >= 0.3 is 6.09 Å². The molecule has 0 radical (unpaired) electrons. The molecular weight excluding hydrogens is 252 g/mol. The molecule has 2 rings (SSSR count). The zero-order chi connectivity index (χ0) is 14.4. The predicted molar refractivity (Wildman–Crippen MR) is 79.7 cm³/mol. The summed E-state index contributed by atoms with van der Waals surface area (Å²) in [6.07, 6.45) is 5.15. The van der Waals surface area contributed by atoms with E-state index in [1.54, 1.807) is 12.1 Å². The molecule has 0 aliphatic heterocycles. The molecule has 20 heavy (non-hydrogen) atoms. The first-order chi connectivity index (χ1) is 9.72. The van der Waals surface area contributed by atoms with Crippen LogP contribution >= 0.6 is 0 Å². The summed E-state index contributed by atoms with van der Waals surface area (Å²) >= 11 is 0. The first-order valence-electron chi connectivity index (χ1n) is 7.46. The standard InChI is InChI=1S/C16H24N2O2/c1-2-18(16(13-17)11-7-4-8-12-16)15(19)20-14-9-5-3-6-10-14/h3,5-6,9-10H,2,4,7-8,11-13,17H2,1H3. The van der Waals surface area contributed by atoms with Crippen LogP contribution in [0.15, 0.2) is 30.3 Å². The van der Waals surface area contributed by atoms with E-state index in [0.717, 1.165) is 25.7 Å². The van der Waals surface area contributed by atoms with Crippen LogP contribution in [-0.4, -0.2) is 29.6 Å². The van der Waals surface area contributed by atoms with Gasteiger partial charge in [0, 0.05) is 13.1 Å². The van der Waals surface area contributed by atoms with Gasteiger partial charge in [-0.15, -0.1) is 0 Å². The van der Waals surface area contributed by atoms with E-state index in [4.69, 9.17) is 10.5 Å². The molecule has 4 nitrogen and oxygen atoms in total. The maximum atomic E-state index is 12.5. The van der Waals surface area contributed by atoms with Gasteiger partial charge in [0.25, 0.3) is 0 Å². The Balaban J connectivity index is 2.11. The normalized spacial score (nSPS) is 17.5. The Morgan fingerprint density at radius 2 is 1.90 bits per heavy atom. The van der Waals surface area contributed by atoms with Gasteiger partial charge in [-0.25, -0.2) is 4.79 Å². The van der Waals surface area contributed by atoms with E-state index < -0.39 is 0 Å². The van der Waals surface area contributed by atoms with Crippen molar-refractivity contribution in [3.8, 4) is 5.75 Å². The summed E-state index contributed by atoms with van der Waals surface area (Å²) in [6, 6.07) is 9.21. The molecule has 1 aliphatic carbocycles. The largest absolute Gasteiger partial charge is 0.415 e. The van der Waals surface area contributed by atoms with Crippen molar-refractivity contribution in [2.75, 3.05) is 13.1 Å². The van der Waals surface area contributed by atoms with E-state index in [9.17, 15) is 4.79 Å². The molecule has 1 aromatic carbocycles. The number of likely N-dealkylation sites (N-methyl/N-ethyl adjacent to an activating group) is 1. The van der Waals surface area contributed by atoms with E-state index in [1.807, 2.05) is 30.0 Å². The van der Waals surface area contributed by atoms with Crippen LogP contribution in [0.5, 0.6) is 5.75 Å². The second kappa shape index (κ2) is 6.75. The van der Waals surface area contributed by atoms with Gasteiger partial charge in [0.05, 0.1) is 5.54 Å². The van der Waals surface area contributed by atoms with E-state index in [1.165, 1.54) is 6.42 Å². The number of amides is 1. The number of benzene rings is 1. The highest BCUT2D eigenvalue weighted by Gasteiger charge is 2.39. The van der Waals surface area contributed by atoms with Gasteiger partial charge in [-0.1, -0.05) is 37.5 Å². The minimum atomic E-state index is -0.286. The molecule has 0 saturated heterocycles. The lowest BCUT2D eigenvalue weighted by atomic mass is 9.80. The minimum absolute atomic E-state index is 0.223. The first-order valence-corrected chi connectivity index (χ1v) is 7.46. The third-order valence-electron chi connectivity index (χ3n) is 4.22. The number of hydrogen-bond donors (Lipinski definition) is 1. The van der Waals surface area contributed by atoms with E-state index in [0.29, 0.717) is 18.8 Å². The molecule has 1 fully saturated rings. The zero-order valence-electron chi connectivity index (χ0n) is 12.2. The fraction of sp³-hybridized carbons (Fsp3) is 0.562. The highest BCUT2D eigenvalue weighted by Crippen LogP contribution is 2.33. The van der Waals surface area contributed by atoms with Gasteiger partial charge in [0.1, 0.15) is 5.75 Å². The fourth-order valence-electron chi connectivity index (χ4n) is 3.10. The van der Waals surface area contributed by atoms with Crippen LogP contribution in [0.4, 0.5) is 4.79 Å². The monoisotopic (exact) mass is 276 g/mol. The summed E-state index contributed by atoms with van der Waals surface area (Å²) in [6.45, 7) is 3.12. The van der Waals surface area contributed by atoms with E-state index in [2.05, 4.69) is 0 Å². The minimum Gasteiger partial charge on any atom is -0.410 e. The van der Waals surface area contributed by atoms with Gasteiger partial charge in [0.15, 0.2) is 0 Å². The van der Waals surface area contributed by atoms with Gasteiger partial charge in [-0.05, 0) is 31.9 Å². The molecule has 0 unspecified atom stereocenters. The quantitative estimate of drug-likeness (QED) is 0.919. The van der Waals surface area contributed by atoms with E-state index >= 15 is 0 Å². The molecule has 110 valence electrons. The second-order valence-electron chi connectivity index (χ2n) is 5.41. The Bertz CT molecular complexity index is 427. The van der Waals surface area contributed by atoms with Crippen LogP contribution in [0.25, 0.3) is 0 Å². The summed E-state index contributed by atoms with van der Waals surface area (Å²) < 4.78 is 5.48. The summed E-state index contributed by atoms with van der Waals surface area (Å²) in [5, 5.41) is 0. The van der Waals surface area contributed by atoms with Gasteiger partial charge in [0.2, 0.25) is 0 Å². The Morgan fingerprint density at radius 3 is 2.45 bits per heavy atom. The fourth-order valence-corrected chi connectivity index (χ4v) is 3.10. The smallest absolute Gasteiger partial charge is 0.410 e. The van der Waals surface area contributed by atoms with Gasteiger partial charge < -0.3 is 15.4 Å². The lowest BCUT2D eigenvalue weighted by Crippen LogP contribution is -2.58. The highest BCUT2D eigenvalue weighted by atomic mass is 16.6. The second-order valence-corrected chi connectivity index (χ2v) is 5.41. The number of carbonyl (C=O) groups excluding carboxylic acids is 1. The molecule has 0 spiro atoms. The van der Waals surface area contributed by atoms with E-state index in [-0.39, 0.29) is 11.6 Å². The number of ether oxygens (including phenoxy) is 1. The van der Waals surface area contributed by atoms with Crippen LogP contribution in [0.2, 0.25) is 0 Å². The summed E-state index contributed by atoms with van der Waals surface area (Å²) in [4.78, 5) is 14.3. The van der Waals surface area contributed by atoms with Crippen molar-refractivity contribution in [1.29, 1.82) is 0 Å². The first kappa shape index (κ1) is 14.9. The summed E-state index contributed by atoms with van der Waals surface area (Å²) in [7, 11) is 0. The Labute approximate surface area is 120 Å². The molecule has 2 N–H and O–H groups in total. The molecule has 1 aromatic rings. The van der Waals surface area contributed by atoms with Crippen molar-refractivity contribution < 1.29 is 9.53 Å². The lowest BCUT2D eigenvalue weighted by Gasteiger charge is -2.44. The predicted octanol–water partition coefficient (Wildman–Crippen LogP) is 3.17. The molecule has 1 aliphatic rings. The summed E-state index contributed by atoms with van der Waals surface area (Å²) in [5.74, 6) is 0.582. The molecule has 1 saturated carbocycles. The number of nitrogens with two attached hydrogens (primary N) is 1. The van der Waals surface area contributed by atoms with Crippen LogP contribution in [0, 0.1) is 0 Å². The molecule has 0 atom stereocenters. The van der Waals surface area contributed by atoms with Crippen LogP contribution in [-0.2, 0) is 0 Å². The highest BCUT2D eigenvalue weighted by molar-refractivity contribution is 5.71. The maximum Gasteiger partial charge on any atom is 0.415 e.